The van der Waals surface area contributed by atoms with E-state index in [1.807, 2.05) is 6.07 Å². The molecule has 1 aromatic rings. The van der Waals surface area contributed by atoms with Crippen LogP contribution in [0.4, 0.5) is 5.69 Å². The van der Waals surface area contributed by atoms with Gasteiger partial charge in [-0.15, -0.1) is 0 Å². The van der Waals surface area contributed by atoms with Gasteiger partial charge >= 0.3 is 5.97 Å². The fourth-order valence-corrected chi connectivity index (χ4v) is 1.81. The van der Waals surface area contributed by atoms with E-state index in [2.05, 4.69) is 4.74 Å². The molecule has 1 heterocycles. The van der Waals surface area contributed by atoms with Crippen LogP contribution in [0.15, 0.2) is 6.07 Å². The fourth-order valence-electron chi connectivity index (χ4n) is 1.81. The number of rotatable bonds is 1. The van der Waals surface area contributed by atoms with Crippen molar-refractivity contribution in [1.29, 1.82) is 5.26 Å². The molecule has 0 radical (unpaired) electrons. The van der Waals surface area contributed by atoms with Gasteiger partial charge in [-0.05, 0) is 6.07 Å². The number of carbonyl (C=O) groups is 1. The van der Waals surface area contributed by atoms with E-state index >= 15 is 0 Å². The Morgan fingerprint density at radius 2 is 2.44 bits per heavy atom. The van der Waals surface area contributed by atoms with Crippen molar-refractivity contribution in [3.8, 4) is 11.8 Å². The number of hydrogen-bond donors (Lipinski definition) is 1. The summed E-state index contributed by atoms with van der Waals surface area (Å²) < 4.78 is 9.92. The van der Waals surface area contributed by atoms with Gasteiger partial charge in [0.25, 0.3) is 0 Å². The van der Waals surface area contributed by atoms with Gasteiger partial charge in [-0.3, -0.25) is 0 Å². The van der Waals surface area contributed by atoms with Gasteiger partial charge in [-0.2, -0.15) is 5.26 Å². The lowest BCUT2D eigenvalue weighted by Crippen LogP contribution is -2.07. The molecule has 0 saturated heterocycles. The summed E-state index contributed by atoms with van der Waals surface area (Å²) in [6.07, 6.45) is 0.591. The van der Waals surface area contributed by atoms with Crippen molar-refractivity contribution < 1.29 is 14.3 Å². The summed E-state index contributed by atoms with van der Waals surface area (Å²) in [5, 5.41) is 9.06. The van der Waals surface area contributed by atoms with E-state index in [1.54, 1.807) is 0 Å². The zero-order valence-corrected chi connectivity index (χ0v) is 8.74. The van der Waals surface area contributed by atoms with Gasteiger partial charge in [-0.25, -0.2) is 4.79 Å². The average molecular weight is 218 g/mol. The lowest BCUT2D eigenvalue weighted by Gasteiger charge is -2.09. The van der Waals surface area contributed by atoms with Crippen molar-refractivity contribution in [2.24, 2.45) is 0 Å². The first-order valence-electron chi connectivity index (χ1n) is 4.75. The molecule has 0 saturated carbocycles. The van der Waals surface area contributed by atoms with E-state index in [-0.39, 0.29) is 5.56 Å². The van der Waals surface area contributed by atoms with Crippen LogP contribution < -0.4 is 10.5 Å². The first kappa shape index (κ1) is 10.3. The number of fused-ring (bicyclic) bond motifs is 1. The number of nitrogens with zero attached hydrogens (tertiary/aromatic N) is 1. The second kappa shape index (κ2) is 3.74. The minimum Gasteiger partial charge on any atom is -0.491 e. The van der Waals surface area contributed by atoms with Gasteiger partial charge in [-0.1, -0.05) is 0 Å². The number of nitrogens with two attached hydrogens (primary N) is 1. The Kier molecular flexibility index (Phi) is 2.41. The van der Waals surface area contributed by atoms with Gasteiger partial charge in [0.15, 0.2) is 0 Å². The van der Waals surface area contributed by atoms with Crippen LogP contribution in [-0.2, 0) is 11.2 Å². The maximum Gasteiger partial charge on any atom is 0.339 e. The summed E-state index contributed by atoms with van der Waals surface area (Å²) in [6, 6.07) is 3.43. The maximum atomic E-state index is 11.5. The molecule has 2 rings (SSSR count). The molecule has 0 amide bonds. The summed E-state index contributed by atoms with van der Waals surface area (Å²) in [4.78, 5) is 11.5. The summed E-state index contributed by atoms with van der Waals surface area (Å²) in [5.74, 6) is -0.0397. The molecule has 2 N–H and O–H groups in total. The van der Waals surface area contributed by atoms with E-state index in [4.69, 9.17) is 15.7 Å². The molecule has 5 heteroatoms. The molecule has 0 unspecified atom stereocenters. The van der Waals surface area contributed by atoms with E-state index in [0.717, 1.165) is 0 Å². The predicted octanol–water partition coefficient (Wildman–Crippen LogP) is 0.862. The molecule has 1 aromatic carbocycles. The molecule has 0 fully saturated rings. The SMILES string of the molecule is COC(=O)c1cc(N)c2c(c1C#N)CCO2. The van der Waals surface area contributed by atoms with E-state index in [9.17, 15) is 4.79 Å². The van der Waals surface area contributed by atoms with Crippen LogP contribution in [0, 0.1) is 11.3 Å². The van der Waals surface area contributed by atoms with Gasteiger partial charge in [0, 0.05) is 12.0 Å². The van der Waals surface area contributed by atoms with Crippen LogP contribution in [0.1, 0.15) is 21.5 Å². The quantitative estimate of drug-likeness (QED) is 0.558. The van der Waals surface area contributed by atoms with Crippen molar-refractivity contribution in [2.75, 3.05) is 19.5 Å². The number of carbonyl (C=O) groups excluding carboxylic acids is 1. The van der Waals surface area contributed by atoms with Crippen LogP contribution in [0.5, 0.6) is 5.75 Å². The Bertz CT molecular complexity index is 503. The van der Waals surface area contributed by atoms with Gasteiger partial charge in [0.2, 0.25) is 0 Å². The molecule has 0 spiro atoms. The monoisotopic (exact) mass is 218 g/mol. The summed E-state index contributed by atoms with van der Waals surface area (Å²) in [5.41, 5.74) is 7.31. The Labute approximate surface area is 92.4 Å². The third-order valence-corrected chi connectivity index (χ3v) is 2.52. The second-order valence-electron chi connectivity index (χ2n) is 3.40. The average Bonchev–Trinajstić information content (AvgIpc) is 2.77. The van der Waals surface area contributed by atoms with Crippen molar-refractivity contribution in [1.82, 2.24) is 0 Å². The van der Waals surface area contributed by atoms with Crippen molar-refractivity contribution >= 4 is 11.7 Å². The minimum absolute atomic E-state index is 0.201. The Morgan fingerprint density at radius 3 is 3.06 bits per heavy atom. The molecule has 0 bridgehead atoms. The molecular formula is C11H10N2O3. The lowest BCUT2D eigenvalue weighted by atomic mass is 9.99. The zero-order chi connectivity index (χ0) is 11.7. The van der Waals surface area contributed by atoms with Crippen molar-refractivity contribution in [3.63, 3.8) is 0 Å². The normalized spacial score (nSPS) is 12.5. The number of methoxy groups -OCH3 is 1. The molecule has 82 valence electrons. The molecule has 0 aliphatic carbocycles. The van der Waals surface area contributed by atoms with Gasteiger partial charge < -0.3 is 15.2 Å². The number of benzene rings is 1. The smallest absolute Gasteiger partial charge is 0.339 e. The molecule has 0 atom stereocenters. The number of hydrogen-bond acceptors (Lipinski definition) is 5. The van der Waals surface area contributed by atoms with E-state index in [1.165, 1.54) is 13.2 Å². The molecule has 1 aliphatic heterocycles. The standard InChI is InChI=1S/C11H10N2O3/c1-15-11(14)7-4-9(13)10-6(2-3-16-10)8(7)5-12/h4H,2-3,13H2,1H3. The van der Waals surface area contributed by atoms with Gasteiger partial charge in [0.1, 0.15) is 11.8 Å². The van der Waals surface area contributed by atoms with Crippen LogP contribution >= 0.6 is 0 Å². The minimum atomic E-state index is -0.557. The first-order chi connectivity index (χ1) is 7.69. The number of nitriles is 1. The summed E-state index contributed by atoms with van der Waals surface area (Å²) in [7, 11) is 1.27. The topological polar surface area (TPSA) is 85.3 Å². The predicted molar refractivity (Wildman–Crippen MR) is 56.1 cm³/mol. The highest BCUT2D eigenvalue weighted by Gasteiger charge is 2.25. The third-order valence-electron chi connectivity index (χ3n) is 2.52. The Balaban J connectivity index is 2.68. The third kappa shape index (κ3) is 1.36. The van der Waals surface area contributed by atoms with Crippen molar-refractivity contribution in [3.05, 3.63) is 22.8 Å². The highest BCUT2D eigenvalue weighted by molar-refractivity contribution is 5.95. The van der Waals surface area contributed by atoms with Crippen LogP contribution in [-0.4, -0.2) is 19.7 Å². The largest absolute Gasteiger partial charge is 0.491 e. The highest BCUT2D eigenvalue weighted by Crippen LogP contribution is 2.36. The molecular weight excluding hydrogens is 208 g/mol. The molecule has 16 heavy (non-hydrogen) atoms. The second-order valence-corrected chi connectivity index (χ2v) is 3.40. The van der Waals surface area contributed by atoms with E-state index in [0.29, 0.717) is 35.6 Å². The van der Waals surface area contributed by atoms with Crippen molar-refractivity contribution in [2.45, 2.75) is 6.42 Å². The zero-order valence-electron chi connectivity index (χ0n) is 8.74. The number of ether oxygens (including phenoxy) is 2. The Morgan fingerprint density at radius 1 is 1.69 bits per heavy atom. The molecule has 5 nitrogen and oxygen atoms in total. The summed E-state index contributed by atoms with van der Waals surface area (Å²) in [6.45, 7) is 0.485. The Hall–Kier alpha value is -2.22. The fraction of sp³-hybridized carbons (Fsp3) is 0.273. The van der Waals surface area contributed by atoms with Crippen LogP contribution in [0.2, 0.25) is 0 Å². The van der Waals surface area contributed by atoms with Crippen LogP contribution in [0.3, 0.4) is 0 Å². The van der Waals surface area contributed by atoms with Crippen LogP contribution in [0.25, 0.3) is 0 Å². The molecule has 1 aliphatic rings. The first-order valence-corrected chi connectivity index (χ1v) is 4.75. The summed E-state index contributed by atoms with van der Waals surface area (Å²) >= 11 is 0. The number of esters is 1. The number of nitrogen functional groups attached to an aromatic ring is 1. The van der Waals surface area contributed by atoms with Gasteiger partial charge in [0.05, 0.1) is 30.5 Å². The number of anilines is 1. The highest BCUT2D eigenvalue weighted by atomic mass is 16.5. The maximum absolute atomic E-state index is 11.5. The van der Waals surface area contributed by atoms with E-state index < -0.39 is 5.97 Å². The molecule has 0 aromatic heterocycles. The lowest BCUT2D eigenvalue weighted by molar-refractivity contribution is 0.0600.